The van der Waals surface area contributed by atoms with Crippen molar-refractivity contribution in [1.29, 1.82) is 0 Å². The van der Waals surface area contributed by atoms with Gasteiger partial charge in [0.2, 0.25) is 0 Å². The zero-order valence-corrected chi connectivity index (χ0v) is 14.0. The summed E-state index contributed by atoms with van der Waals surface area (Å²) in [4.78, 5) is 6.95. The van der Waals surface area contributed by atoms with Gasteiger partial charge in [-0.05, 0) is 32.0 Å². The van der Waals surface area contributed by atoms with Crippen LogP contribution in [0, 0.1) is 0 Å². The van der Waals surface area contributed by atoms with E-state index in [1.807, 2.05) is 11.8 Å². The Morgan fingerprint density at radius 1 is 1.33 bits per heavy atom. The second-order valence-electron chi connectivity index (χ2n) is 5.68. The van der Waals surface area contributed by atoms with E-state index >= 15 is 0 Å². The molecule has 1 aromatic carbocycles. The maximum absolute atomic E-state index is 4.58. The van der Waals surface area contributed by atoms with Crippen molar-refractivity contribution in [2.45, 2.75) is 38.0 Å². The Morgan fingerprint density at radius 3 is 2.90 bits per heavy atom. The fraction of sp³-hybridized carbons (Fsp3) is 0.588. The standard InChI is InChI=1S/C17H27N3S/c1-3-8-16-13-19-17(21-16)18-11-7-12-20(2)14-15-9-5-4-6-10-15/h4-6,9-10,16H,3,7-8,11-14H2,1-2H3,(H,18,19). The zero-order valence-electron chi connectivity index (χ0n) is 13.2. The van der Waals surface area contributed by atoms with Crippen molar-refractivity contribution in [1.82, 2.24) is 10.2 Å². The van der Waals surface area contributed by atoms with Crippen molar-refractivity contribution in [2.75, 3.05) is 26.7 Å². The number of benzene rings is 1. The number of amidine groups is 1. The molecule has 0 amide bonds. The first kappa shape index (κ1) is 16.4. The van der Waals surface area contributed by atoms with E-state index in [1.165, 1.54) is 18.4 Å². The molecular formula is C17H27N3S. The lowest BCUT2D eigenvalue weighted by Crippen LogP contribution is -2.26. The summed E-state index contributed by atoms with van der Waals surface area (Å²) in [5.41, 5.74) is 1.38. The molecular weight excluding hydrogens is 278 g/mol. The predicted molar refractivity (Wildman–Crippen MR) is 94.0 cm³/mol. The van der Waals surface area contributed by atoms with E-state index in [1.54, 1.807) is 0 Å². The quantitative estimate of drug-likeness (QED) is 0.746. The molecule has 2 rings (SSSR count). The second-order valence-corrected chi connectivity index (χ2v) is 6.97. The van der Waals surface area contributed by atoms with Gasteiger partial charge >= 0.3 is 0 Å². The van der Waals surface area contributed by atoms with Gasteiger partial charge in [0.1, 0.15) is 0 Å². The number of hydrogen-bond donors (Lipinski definition) is 1. The lowest BCUT2D eigenvalue weighted by Gasteiger charge is -2.17. The molecule has 1 aromatic rings. The maximum atomic E-state index is 4.58. The average Bonchev–Trinajstić information content (AvgIpc) is 2.93. The van der Waals surface area contributed by atoms with Gasteiger partial charge in [-0.2, -0.15) is 0 Å². The fourth-order valence-electron chi connectivity index (χ4n) is 2.51. The van der Waals surface area contributed by atoms with E-state index in [4.69, 9.17) is 0 Å². The predicted octanol–water partition coefficient (Wildman–Crippen LogP) is 3.37. The highest BCUT2D eigenvalue weighted by Crippen LogP contribution is 2.23. The molecule has 1 N–H and O–H groups in total. The molecule has 116 valence electrons. The van der Waals surface area contributed by atoms with Crippen LogP contribution in [0.5, 0.6) is 0 Å². The minimum absolute atomic E-state index is 0.707. The Hall–Kier alpha value is -1.00. The lowest BCUT2D eigenvalue weighted by molar-refractivity contribution is 0.322. The van der Waals surface area contributed by atoms with Gasteiger partial charge in [0, 0.05) is 18.3 Å². The molecule has 21 heavy (non-hydrogen) atoms. The van der Waals surface area contributed by atoms with Crippen LogP contribution in [0.2, 0.25) is 0 Å². The van der Waals surface area contributed by atoms with Crippen LogP contribution in [-0.2, 0) is 6.54 Å². The van der Waals surface area contributed by atoms with E-state index in [0.717, 1.165) is 37.8 Å². The van der Waals surface area contributed by atoms with Crippen LogP contribution in [0.3, 0.4) is 0 Å². The summed E-state index contributed by atoms with van der Waals surface area (Å²) in [5, 5.41) is 5.33. The minimum Gasteiger partial charge on any atom is -0.365 e. The minimum atomic E-state index is 0.707. The molecule has 1 heterocycles. The molecule has 1 aliphatic rings. The third-order valence-electron chi connectivity index (χ3n) is 3.62. The lowest BCUT2D eigenvalue weighted by atomic mass is 10.2. The van der Waals surface area contributed by atoms with Crippen molar-refractivity contribution in [3.05, 3.63) is 35.9 Å². The molecule has 1 aliphatic heterocycles. The van der Waals surface area contributed by atoms with Crippen molar-refractivity contribution in [3.63, 3.8) is 0 Å². The molecule has 0 saturated carbocycles. The van der Waals surface area contributed by atoms with Crippen molar-refractivity contribution >= 4 is 16.9 Å². The number of rotatable bonds is 8. The highest BCUT2D eigenvalue weighted by Gasteiger charge is 2.17. The molecule has 0 radical (unpaired) electrons. The topological polar surface area (TPSA) is 27.6 Å². The van der Waals surface area contributed by atoms with E-state index in [0.29, 0.717) is 5.25 Å². The van der Waals surface area contributed by atoms with E-state index in [2.05, 4.69) is 59.5 Å². The van der Waals surface area contributed by atoms with Gasteiger partial charge in [0.15, 0.2) is 5.17 Å². The Kier molecular flexibility index (Phi) is 7.10. The van der Waals surface area contributed by atoms with E-state index in [9.17, 15) is 0 Å². The molecule has 0 aromatic heterocycles. The van der Waals surface area contributed by atoms with Crippen molar-refractivity contribution in [3.8, 4) is 0 Å². The van der Waals surface area contributed by atoms with E-state index < -0.39 is 0 Å². The molecule has 4 heteroatoms. The van der Waals surface area contributed by atoms with Gasteiger partial charge in [-0.25, -0.2) is 0 Å². The fourth-order valence-corrected chi connectivity index (χ4v) is 3.66. The highest BCUT2D eigenvalue weighted by molar-refractivity contribution is 8.14. The van der Waals surface area contributed by atoms with Gasteiger partial charge in [-0.3, -0.25) is 4.99 Å². The van der Waals surface area contributed by atoms with Crippen LogP contribution in [0.25, 0.3) is 0 Å². The van der Waals surface area contributed by atoms with Crippen molar-refractivity contribution < 1.29 is 0 Å². The second kappa shape index (κ2) is 9.11. The maximum Gasteiger partial charge on any atom is 0.156 e. The zero-order chi connectivity index (χ0) is 14.9. The van der Waals surface area contributed by atoms with Gasteiger partial charge in [-0.1, -0.05) is 55.4 Å². The Morgan fingerprint density at radius 2 is 2.14 bits per heavy atom. The highest BCUT2D eigenvalue weighted by atomic mass is 32.2. The third kappa shape index (κ3) is 6.10. The summed E-state index contributed by atoms with van der Waals surface area (Å²) in [5.74, 6) is 0. The van der Waals surface area contributed by atoms with Gasteiger partial charge in [0.05, 0.1) is 6.54 Å². The smallest absolute Gasteiger partial charge is 0.156 e. The third-order valence-corrected chi connectivity index (χ3v) is 4.83. The molecule has 3 nitrogen and oxygen atoms in total. The normalized spacial score (nSPS) is 18.0. The summed E-state index contributed by atoms with van der Waals surface area (Å²) in [6, 6.07) is 10.7. The van der Waals surface area contributed by atoms with Crippen molar-refractivity contribution in [2.24, 2.45) is 4.99 Å². The number of nitrogens with zero attached hydrogens (tertiary/aromatic N) is 2. The van der Waals surface area contributed by atoms with Crippen LogP contribution in [0.1, 0.15) is 31.7 Å². The van der Waals surface area contributed by atoms with Crippen LogP contribution >= 0.6 is 11.8 Å². The van der Waals surface area contributed by atoms with Gasteiger partial charge < -0.3 is 10.2 Å². The number of thioether (sulfide) groups is 1. The monoisotopic (exact) mass is 305 g/mol. The molecule has 1 unspecified atom stereocenters. The largest absolute Gasteiger partial charge is 0.365 e. The first-order chi connectivity index (χ1) is 10.3. The van der Waals surface area contributed by atoms with Gasteiger partial charge in [0.25, 0.3) is 0 Å². The first-order valence-electron chi connectivity index (χ1n) is 7.95. The average molecular weight is 305 g/mol. The summed E-state index contributed by atoms with van der Waals surface area (Å²) < 4.78 is 0. The molecule has 1 atom stereocenters. The summed E-state index contributed by atoms with van der Waals surface area (Å²) >= 11 is 1.92. The Balaban J connectivity index is 1.56. The van der Waals surface area contributed by atoms with Crippen LogP contribution in [0.15, 0.2) is 35.3 Å². The SMILES string of the molecule is CCCC1CN=C(NCCCN(C)Cc2ccccc2)S1. The van der Waals surface area contributed by atoms with Crippen LogP contribution in [0.4, 0.5) is 0 Å². The Bertz CT molecular complexity index is 433. The molecule has 0 fully saturated rings. The first-order valence-corrected chi connectivity index (χ1v) is 8.83. The van der Waals surface area contributed by atoms with Crippen LogP contribution < -0.4 is 5.32 Å². The summed E-state index contributed by atoms with van der Waals surface area (Å²) in [6.45, 7) is 6.39. The molecule has 0 saturated heterocycles. The molecule has 0 bridgehead atoms. The molecule has 0 spiro atoms. The summed E-state index contributed by atoms with van der Waals surface area (Å²) in [6.07, 6.45) is 3.69. The van der Waals surface area contributed by atoms with Crippen LogP contribution in [-0.4, -0.2) is 42.0 Å². The summed E-state index contributed by atoms with van der Waals surface area (Å²) in [7, 11) is 2.19. The van der Waals surface area contributed by atoms with E-state index in [-0.39, 0.29) is 0 Å². The van der Waals surface area contributed by atoms with Gasteiger partial charge in [-0.15, -0.1) is 0 Å². The number of nitrogens with one attached hydrogen (secondary N) is 1. The number of aliphatic imine (C=N–C) groups is 1. The Labute approximate surface area is 133 Å². The molecule has 0 aliphatic carbocycles. The number of hydrogen-bond acceptors (Lipinski definition) is 4.